The first-order valence-electron chi connectivity index (χ1n) is 8.99. The molecule has 4 nitrogen and oxygen atoms in total. The zero-order chi connectivity index (χ0) is 18.1. The molecule has 4 heteroatoms. The molecule has 1 heterocycles. The second-order valence-corrected chi connectivity index (χ2v) is 6.76. The summed E-state index contributed by atoms with van der Waals surface area (Å²) < 4.78 is 16.3. The lowest BCUT2D eigenvalue weighted by Crippen LogP contribution is -2.49. The number of carbonyl (C=O) groups is 2. The van der Waals surface area contributed by atoms with Crippen molar-refractivity contribution >= 4 is 11.8 Å². The molecule has 1 saturated heterocycles. The summed E-state index contributed by atoms with van der Waals surface area (Å²) in [6.07, 6.45) is 3.34. The minimum absolute atomic E-state index is 0.0459. The average Bonchev–Trinajstić information content (AvgIpc) is 2.51. The maximum Gasteiger partial charge on any atom is 0.246 e. The van der Waals surface area contributed by atoms with Crippen molar-refractivity contribution in [3.05, 3.63) is 23.3 Å². The van der Waals surface area contributed by atoms with Crippen LogP contribution in [0.3, 0.4) is 0 Å². The number of rotatable bonds is 2. The number of hydrogen-bond donors (Lipinski definition) is 0. The molecule has 122 valence electrons. The van der Waals surface area contributed by atoms with Crippen molar-refractivity contribution in [3.63, 3.8) is 0 Å². The fourth-order valence-electron chi connectivity index (χ4n) is 3.15. The highest BCUT2D eigenvalue weighted by atomic mass is 16.2. The summed E-state index contributed by atoms with van der Waals surface area (Å²) in [5.74, 6) is -0.0231. The Labute approximate surface area is 136 Å². The number of nitrogens with zero attached hydrogens (tertiary/aromatic N) is 2. The Morgan fingerprint density at radius 2 is 1.77 bits per heavy atom. The molecule has 0 aromatic heterocycles. The number of hydrogen-bond acceptors (Lipinski definition) is 2. The first-order chi connectivity index (χ1) is 11.0. The third-order valence-electron chi connectivity index (χ3n) is 4.70. The Balaban J connectivity index is 2.09. The van der Waals surface area contributed by atoms with Crippen molar-refractivity contribution in [3.8, 4) is 0 Å². The van der Waals surface area contributed by atoms with Crippen LogP contribution in [0.4, 0.5) is 0 Å². The molecule has 0 aromatic rings. The topological polar surface area (TPSA) is 40.6 Å². The monoisotopic (exact) mass is 306 g/mol. The molecule has 1 aliphatic carbocycles. The van der Waals surface area contributed by atoms with E-state index in [4.69, 9.17) is 2.74 Å². The largest absolute Gasteiger partial charge is 0.339 e. The molecular weight excluding hydrogens is 276 g/mol. The third kappa shape index (κ3) is 3.79. The predicted octanol–water partition coefficient (Wildman–Crippen LogP) is 2.76. The third-order valence-corrected chi connectivity index (χ3v) is 4.70. The minimum atomic E-state index is -1.30. The fraction of sp³-hybridized carbons (Fsp3) is 0.667. The van der Waals surface area contributed by atoms with Gasteiger partial charge < -0.3 is 9.80 Å². The van der Waals surface area contributed by atoms with E-state index in [0.29, 0.717) is 32.6 Å². The molecule has 1 aliphatic heterocycles. The van der Waals surface area contributed by atoms with Gasteiger partial charge in [0.1, 0.15) is 0 Å². The Morgan fingerprint density at radius 3 is 2.36 bits per heavy atom. The highest BCUT2D eigenvalue weighted by molar-refractivity contribution is 5.88. The van der Waals surface area contributed by atoms with Gasteiger partial charge in [-0.25, -0.2) is 0 Å². The summed E-state index contributed by atoms with van der Waals surface area (Å²) in [6, 6.07) is 0. The van der Waals surface area contributed by atoms with Gasteiger partial charge in [-0.1, -0.05) is 25.5 Å². The quantitative estimate of drug-likeness (QED) is 0.736. The number of allylic oxidation sites excluding steroid dienone is 3. The van der Waals surface area contributed by atoms with Crippen molar-refractivity contribution < 1.29 is 12.3 Å². The van der Waals surface area contributed by atoms with Crippen LogP contribution in [0.2, 0.25) is 0 Å². The molecule has 0 bridgehead atoms. The number of carbonyl (C=O) groups excluding carboxylic acids is 2. The summed E-state index contributed by atoms with van der Waals surface area (Å²) >= 11 is 0. The fourth-order valence-corrected chi connectivity index (χ4v) is 3.15. The van der Waals surface area contributed by atoms with Gasteiger partial charge >= 0.3 is 0 Å². The highest BCUT2D eigenvalue weighted by Gasteiger charge is 2.27. The second-order valence-electron chi connectivity index (χ2n) is 6.76. The zero-order valence-corrected chi connectivity index (χ0v) is 14.1. The van der Waals surface area contributed by atoms with Gasteiger partial charge in [-0.3, -0.25) is 9.59 Å². The van der Waals surface area contributed by atoms with Crippen molar-refractivity contribution in [1.82, 2.24) is 9.80 Å². The van der Waals surface area contributed by atoms with Gasteiger partial charge in [0.2, 0.25) is 11.8 Å². The molecule has 0 saturated carbocycles. The van der Waals surface area contributed by atoms with Gasteiger partial charge in [-0.05, 0) is 37.1 Å². The van der Waals surface area contributed by atoms with Crippen LogP contribution in [0.1, 0.15) is 49.7 Å². The van der Waals surface area contributed by atoms with E-state index in [1.165, 1.54) is 0 Å². The van der Waals surface area contributed by atoms with Crippen LogP contribution in [-0.4, -0.2) is 47.8 Å². The second kappa shape index (κ2) is 6.67. The van der Waals surface area contributed by atoms with E-state index < -0.39 is 6.37 Å². The molecule has 0 spiro atoms. The molecule has 1 fully saturated rings. The molecule has 2 aliphatic rings. The van der Waals surface area contributed by atoms with Gasteiger partial charge in [-0.2, -0.15) is 0 Å². The molecule has 0 unspecified atom stereocenters. The minimum Gasteiger partial charge on any atom is -0.339 e. The molecular formula is C18H28N2O2. The van der Waals surface area contributed by atoms with Crippen molar-refractivity contribution in [2.45, 2.75) is 46.9 Å². The van der Waals surface area contributed by atoms with Gasteiger partial charge in [0.05, 0.1) is 0 Å². The van der Waals surface area contributed by atoms with E-state index in [0.717, 1.165) is 17.6 Å². The van der Waals surface area contributed by atoms with Gasteiger partial charge in [0, 0.05) is 41.9 Å². The van der Waals surface area contributed by atoms with Gasteiger partial charge in [0.15, 0.2) is 0 Å². The summed E-state index contributed by atoms with van der Waals surface area (Å²) in [5, 5.41) is 0. The maximum atomic E-state index is 12.4. The number of amides is 2. The predicted molar refractivity (Wildman–Crippen MR) is 88.3 cm³/mol. The van der Waals surface area contributed by atoms with E-state index >= 15 is 0 Å². The van der Waals surface area contributed by atoms with Crippen molar-refractivity contribution in [1.29, 1.82) is 0 Å². The standard InChI is InChI=1S/C18H28N2O2/c1-14-6-5-9-18(3,4)16(14)7-8-17(22)20-12-10-19(11-13-20)15(2)21/h7-8H,5-6,9-13H2,1-4H3/b8-7+/i6D2. The maximum absolute atomic E-state index is 12.4. The Morgan fingerprint density at radius 1 is 1.18 bits per heavy atom. The lowest BCUT2D eigenvalue weighted by atomic mass is 9.72. The molecule has 2 amide bonds. The van der Waals surface area contributed by atoms with Crippen molar-refractivity contribution in [2.75, 3.05) is 26.2 Å². The van der Waals surface area contributed by atoms with Crippen LogP contribution in [0.15, 0.2) is 23.3 Å². The summed E-state index contributed by atoms with van der Waals surface area (Å²) in [7, 11) is 0. The zero-order valence-electron chi connectivity index (χ0n) is 16.1. The lowest BCUT2D eigenvalue weighted by Gasteiger charge is -2.34. The highest BCUT2D eigenvalue weighted by Crippen LogP contribution is 2.40. The number of piperazine rings is 1. The molecule has 22 heavy (non-hydrogen) atoms. The first-order valence-corrected chi connectivity index (χ1v) is 7.99. The Hall–Kier alpha value is -1.58. The molecule has 0 radical (unpaired) electrons. The molecule has 0 atom stereocenters. The van der Waals surface area contributed by atoms with E-state index in [9.17, 15) is 9.59 Å². The molecule has 0 aromatic carbocycles. The smallest absolute Gasteiger partial charge is 0.246 e. The van der Waals surface area contributed by atoms with Gasteiger partial charge in [0.25, 0.3) is 0 Å². The molecule has 2 rings (SSSR count). The van der Waals surface area contributed by atoms with Crippen LogP contribution in [0.25, 0.3) is 0 Å². The normalized spacial score (nSPS) is 26.0. The van der Waals surface area contributed by atoms with E-state index in [1.54, 1.807) is 28.9 Å². The summed E-state index contributed by atoms with van der Waals surface area (Å²) in [4.78, 5) is 27.3. The van der Waals surface area contributed by atoms with Crippen LogP contribution in [0, 0.1) is 5.41 Å². The van der Waals surface area contributed by atoms with Crippen LogP contribution < -0.4 is 0 Å². The summed E-state index contributed by atoms with van der Waals surface area (Å²) in [5.41, 5.74) is 1.53. The SMILES string of the molecule is [2H]C1([2H])CCC(C)(C)C(/C=C/C(=O)N2CCN(C(C)=O)CC2)=C1C. The van der Waals surface area contributed by atoms with Crippen molar-refractivity contribution in [2.24, 2.45) is 5.41 Å². The van der Waals surface area contributed by atoms with E-state index in [2.05, 4.69) is 13.8 Å². The Kier molecular flexibility index (Phi) is 4.26. The van der Waals surface area contributed by atoms with E-state index in [-0.39, 0.29) is 17.2 Å². The first kappa shape index (κ1) is 14.0. The van der Waals surface area contributed by atoms with Crippen LogP contribution >= 0.6 is 0 Å². The van der Waals surface area contributed by atoms with Gasteiger partial charge in [-0.15, -0.1) is 0 Å². The Bertz CT molecular complexity index is 586. The molecule has 0 N–H and O–H groups in total. The van der Waals surface area contributed by atoms with Crippen LogP contribution in [-0.2, 0) is 9.59 Å². The summed E-state index contributed by atoms with van der Waals surface area (Å²) in [6.45, 7) is 9.82. The lowest BCUT2D eigenvalue weighted by molar-refractivity contribution is -0.135. The van der Waals surface area contributed by atoms with E-state index in [1.807, 2.05) is 6.92 Å². The average molecular weight is 306 g/mol. The van der Waals surface area contributed by atoms with Crippen LogP contribution in [0.5, 0.6) is 0 Å².